The molecule has 0 radical (unpaired) electrons. The van der Waals surface area contributed by atoms with Crippen LogP contribution in [0, 0.1) is 11.3 Å². The fourth-order valence-electron chi connectivity index (χ4n) is 3.25. The monoisotopic (exact) mass is 374 g/mol. The van der Waals surface area contributed by atoms with Crippen LogP contribution in [0.4, 0.5) is 0 Å². The molecule has 0 N–H and O–H groups in total. The number of hydrogen-bond acceptors (Lipinski definition) is 4. The summed E-state index contributed by atoms with van der Waals surface area (Å²) in [6.07, 6.45) is 1.65. The molecule has 1 aromatic heterocycles. The van der Waals surface area contributed by atoms with Gasteiger partial charge in [0.2, 0.25) is 0 Å². The molecule has 0 saturated heterocycles. The van der Waals surface area contributed by atoms with Crippen LogP contribution in [0.5, 0.6) is 5.75 Å². The SMILES string of the molecule is CCOC(=O)c1c(-c2ccc(-c3ccccc3OCC)cc2)c(C#N)cn1C. The molecule has 2 aromatic carbocycles. The first-order chi connectivity index (χ1) is 13.6. The summed E-state index contributed by atoms with van der Waals surface area (Å²) in [5.41, 5.74) is 4.19. The standard InChI is InChI=1S/C23H22N2O3/c1-4-27-20-9-7-6-8-19(20)16-10-12-17(13-11-16)21-18(14-24)15-25(3)22(21)23(26)28-5-2/h6-13,15H,4-5H2,1-3H3. The van der Waals surface area contributed by atoms with E-state index in [4.69, 9.17) is 9.47 Å². The molecule has 0 bridgehead atoms. The van der Waals surface area contributed by atoms with Gasteiger partial charge in [-0.05, 0) is 31.0 Å². The summed E-state index contributed by atoms with van der Waals surface area (Å²) in [7, 11) is 1.74. The minimum atomic E-state index is -0.438. The van der Waals surface area contributed by atoms with E-state index >= 15 is 0 Å². The topological polar surface area (TPSA) is 64.2 Å². The van der Waals surface area contributed by atoms with Gasteiger partial charge in [-0.15, -0.1) is 0 Å². The van der Waals surface area contributed by atoms with Gasteiger partial charge < -0.3 is 14.0 Å². The van der Waals surface area contributed by atoms with E-state index in [2.05, 4.69) is 6.07 Å². The van der Waals surface area contributed by atoms with Gasteiger partial charge in [-0.1, -0.05) is 42.5 Å². The van der Waals surface area contributed by atoms with Crippen LogP contribution in [-0.2, 0) is 11.8 Å². The van der Waals surface area contributed by atoms with E-state index < -0.39 is 5.97 Å². The summed E-state index contributed by atoms with van der Waals surface area (Å²) >= 11 is 0. The molecule has 0 aliphatic rings. The van der Waals surface area contributed by atoms with E-state index in [-0.39, 0.29) is 6.61 Å². The van der Waals surface area contributed by atoms with E-state index in [9.17, 15) is 10.1 Å². The first kappa shape index (κ1) is 19.2. The summed E-state index contributed by atoms with van der Waals surface area (Å²) in [5.74, 6) is 0.384. The van der Waals surface area contributed by atoms with Crippen molar-refractivity contribution < 1.29 is 14.3 Å². The summed E-state index contributed by atoms with van der Waals surface area (Å²) in [6.45, 7) is 4.58. The molecule has 0 unspecified atom stereocenters. The molecular weight excluding hydrogens is 352 g/mol. The number of benzene rings is 2. The van der Waals surface area contributed by atoms with E-state index in [0.29, 0.717) is 23.4 Å². The zero-order chi connectivity index (χ0) is 20.1. The largest absolute Gasteiger partial charge is 0.493 e. The number of nitrogens with zero attached hydrogens (tertiary/aromatic N) is 2. The first-order valence-corrected chi connectivity index (χ1v) is 9.19. The highest BCUT2D eigenvalue weighted by Crippen LogP contribution is 2.34. The highest BCUT2D eigenvalue weighted by atomic mass is 16.5. The third-order valence-corrected chi connectivity index (χ3v) is 4.44. The molecule has 0 aliphatic carbocycles. The highest BCUT2D eigenvalue weighted by molar-refractivity contribution is 5.98. The second kappa shape index (κ2) is 8.45. The van der Waals surface area contributed by atoms with Crippen molar-refractivity contribution in [3.05, 3.63) is 66.0 Å². The number of carbonyl (C=O) groups is 1. The molecule has 0 fully saturated rings. The molecule has 1 heterocycles. The Balaban J connectivity index is 2.06. The highest BCUT2D eigenvalue weighted by Gasteiger charge is 2.22. The molecule has 3 aromatic rings. The van der Waals surface area contributed by atoms with Crippen molar-refractivity contribution in [2.75, 3.05) is 13.2 Å². The third kappa shape index (κ3) is 3.63. The van der Waals surface area contributed by atoms with Crippen molar-refractivity contribution in [3.63, 3.8) is 0 Å². The van der Waals surface area contributed by atoms with Crippen molar-refractivity contribution >= 4 is 5.97 Å². The molecule has 142 valence electrons. The van der Waals surface area contributed by atoms with Crippen LogP contribution in [0.25, 0.3) is 22.3 Å². The number of aryl methyl sites for hydroxylation is 1. The average Bonchev–Trinajstić information content (AvgIpc) is 3.05. The Kier molecular flexibility index (Phi) is 5.81. The lowest BCUT2D eigenvalue weighted by molar-refractivity contribution is 0.0516. The number of rotatable bonds is 6. The van der Waals surface area contributed by atoms with E-state index in [1.54, 1.807) is 24.7 Å². The van der Waals surface area contributed by atoms with Crippen LogP contribution in [0.15, 0.2) is 54.7 Å². The molecular formula is C23H22N2O3. The lowest BCUT2D eigenvalue weighted by Gasteiger charge is -2.11. The minimum absolute atomic E-state index is 0.276. The van der Waals surface area contributed by atoms with Crippen LogP contribution < -0.4 is 4.74 Å². The lowest BCUT2D eigenvalue weighted by atomic mass is 9.97. The van der Waals surface area contributed by atoms with Gasteiger partial charge in [0.15, 0.2) is 0 Å². The molecule has 0 aliphatic heterocycles. The number of esters is 1. The van der Waals surface area contributed by atoms with Gasteiger partial charge in [-0.3, -0.25) is 0 Å². The van der Waals surface area contributed by atoms with E-state index in [1.807, 2.05) is 55.5 Å². The van der Waals surface area contributed by atoms with E-state index in [1.165, 1.54) is 0 Å². The Morgan fingerprint density at radius 1 is 1.04 bits per heavy atom. The van der Waals surface area contributed by atoms with Gasteiger partial charge in [0, 0.05) is 24.4 Å². The molecule has 3 rings (SSSR count). The predicted octanol–water partition coefficient (Wildman–Crippen LogP) is 4.81. The van der Waals surface area contributed by atoms with Crippen molar-refractivity contribution in [2.45, 2.75) is 13.8 Å². The van der Waals surface area contributed by atoms with Crippen LogP contribution in [0.3, 0.4) is 0 Å². The lowest BCUT2D eigenvalue weighted by Crippen LogP contribution is -2.10. The number of ether oxygens (including phenoxy) is 2. The number of aromatic nitrogens is 1. The predicted molar refractivity (Wildman–Crippen MR) is 108 cm³/mol. The van der Waals surface area contributed by atoms with Crippen molar-refractivity contribution in [3.8, 4) is 34.1 Å². The zero-order valence-electron chi connectivity index (χ0n) is 16.2. The van der Waals surface area contributed by atoms with Gasteiger partial charge in [-0.25, -0.2) is 4.79 Å². The summed E-state index contributed by atoms with van der Waals surface area (Å²) in [4.78, 5) is 12.4. The van der Waals surface area contributed by atoms with Gasteiger partial charge in [0.05, 0.1) is 18.8 Å². The fourth-order valence-corrected chi connectivity index (χ4v) is 3.25. The maximum atomic E-state index is 12.4. The molecule has 5 nitrogen and oxygen atoms in total. The number of carbonyl (C=O) groups excluding carboxylic acids is 1. The Bertz CT molecular complexity index is 1030. The average molecular weight is 374 g/mol. The zero-order valence-corrected chi connectivity index (χ0v) is 16.2. The molecule has 0 amide bonds. The number of hydrogen-bond donors (Lipinski definition) is 0. The maximum Gasteiger partial charge on any atom is 0.355 e. The minimum Gasteiger partial charge on any atom is -0.493 e. The molecule has 5 heteroatoms. The maximum absolute atomic E-state index is 12.4. The third-order valence-electron chi connectivity index (χ3n) is 4.44. The van der Waals surface area contributed by atoms with Gasteiger partial charge in [0.25, 0.3) is 0 Å². The van der Waals surface area contributed by atoms with Crippen LogP contribution in [0.2, 0.25) is 0 Å². The summed E-state index contributed by atoms with van der Waals surface area (Å²) < 4.78 is 12.5. The number of nitriles is 1. The molecule has 0 saturated carbocycles. The van der Waals surface area contributed by atoms with Crippen LogP contribution >= 0.6 is 0 Å². The smallest absolute Gasteiger partial charge is 0.355 e. The Morgan fingerprint density at radius 2 is 1.71 bits per heavy atom. The van der Waals surface area contributed by atoms with Crippen LogP contribution in [0.1, 0.15) is 29.9 Å². The van der Waals surface area contributed by atoms with Crippen molar-refractivity contribution in [1.29, 1.82) is 5.26 Å². The normalized spacial score (nSPS) is 10.4. The Morgan fingerprint density at radius 3 is 2.36 bits per heavy atom. The summed E-state index contributed by atoms with van der Waals surface area (Å²) in [5, 5.41) is 9.53. The first-order valence-electron chi connectivity index (χ1n) is 9.19. The van der Waals surface area contributed by atoms with Gasteiger partial charge >= 0.3 is 5.97 Å². The Hall–Kier alpha value is -3.52. The fraction of sp³-hybridized carbons (Fsp3) is 0.217. The molecule has 0 atom stereocenters. The second-order valence-electron chi connectivity index (χ2n) is 6.22. The molecule has 28 heavy (non-hydrogen) atoms. The van der Waals surface area contributed by atoms with Crippen molar-refractivity contribution in [2.24, 2.45) is 7.05 Å². The number of para-hydroxylation sites is 1. The summed E-state index contributed by atoms with van der Waals surface area (Å²) in [6, 6.07) is 17.8. The van der Waals surface area contributed by atoms with E-state index in [0.717, 1.165) is 22.4 Å². The Labute approximate surface area is 164 Å². The second-order valence-corrected chi connectivity index (χ2v) is 6.22. The molecule has 0 spiro atoms. The van der Waals surface area contributed by atoms with Crippen LogP contribution in [-0.4, -0.2) is 23.8 Å². The van der Waals surface area contributed by atoms with Gasteiger partial charge in [0.1, 0.15) is 17.5 Å². The van der Waals surface area contributed by atoms with Gasteiger partial charge in [-0.2, -0.15) is 5.26 Å². The van der Waals surface area contributed by atoms with Crippen molar-refractivity contribution in [1.82, 2.24) is 4.57 Å². The quantitative estimate of drug-likeness (QED) is 0.581.